The van der Waals surface area contributed by atoms with Crippen molar-refractivity contribution in [3.05, 3.63) is 53.7 Å². The molecule has 3 rings (SSSR count). The molecular formula is C32H48N4O4. The lowest BCUT2D eigenvalue weighted by atomic mass is 9.99. The zero-order valence-electron chi connectivity index (χ0n) is 24.4. The van der Waals surface area contributed by atoms with E-state index < -0.39 is 12.0 Å². The fraction of sp³-hybridized carbons (Fsp3) is 0.594. The minimum absolute atomic E-state index is 0.170. The molecule has 0 radical (unpaired) electrons. The topological polar surface area (TPSA) is 104 Å². The molecule has 1 atom stereocenters. The zero-order chi connectivity index (χ0) is 28.6. The van der Waals surface area contributed by atoms with Crippen molar-refractivity contribution in [1.29, 1.82) is 0 Å². The van der Waals surface area contributed by atoms with Crippen molar-refractivity contribution < 1.29 is 19.4 Å². The van der Waals surface area contributed by atoms with E-state index in [1.165, 1.54) is 5.56 Å². The van der Waals surface area contributed by atoms with Crippen LogP contribution in [0.4, 0.5) is 5.82 Å². The number of benzene rings is 1. The van der Waals surface area contributed by atoms with Crippen LogP contribution >= 0.6 is 0 Å². The summed E-state index contributed by atoms with van der Waals surface area (Å²) in [4.78, 5) is 31.6. The SMILES string of the molecule is CCC(CC)CC(=O)NC(CCN(CCCCc1ccc2c(n1)NCCC2)CCCOc1ccccc1)C(=O)O. The summed E-state index contributed by atoms with van der Waals surface area (Å²) in [6.07, 6.45) is 8.59. The van der Waals surface area contributed by atoms with Crippen LogP contribution in [0.2, 0.25) is 0 Å². The summed E-state index contributed by atoms with van der Waals surface area (Å²) in [5.41, 5.74) is 2.42. The van der Waals surface area contributed by atoms with E-state index in [2.05, 4.69) is 41.5 Å². The minimum atomic E-state index is -0.975. The van der Waals surface area contributed by atoms with Gasteiger partial charge in [0.25, 0.3) is 0 Å². The van der Waals surface area contributed by atoms with Gasteiger partial charge in [0.05, 0.1) is 6.61 Å². The molecule has 0 saturated heterocycles. The Morgan fingerprint density at radius 3 is 2.58 bits per heavy atom. The highest BCUT2D eigenvalue weighted by molar-refractivity contribution is 5.83. The van der Waals surface area contributed by atoms with Crippen LogP contribution in [-0.2, 0) is 22.4 Å². The normalized spacial score (nSPS) is 13.5. The van der Waals surface area contributed by atoms with Crippen molar-refractivity contribution in [3.63, 3.8) is 0 Å². The molecule has 1 aromatic heterocycles. The number of pyridine rings is 1. The molecule has 40 heavy (non-hydrogen) atoms. The lowest BCUT2D eigenvalue weighted by molar-refractivity contribution is -0.142. The third-order valence-electron chi connectivity index (χ3n) is 7.74. The van der Waals surface area contributed by atoms with Crippen LogP contribution in [0, 0.1) is 5.92 Å². The average Bonchev–Trinajstić information content (AvgIpc) is 2.98. The van der Waals surface area contributed by atoms with Gasteiger partial charge >= 0.3 is 5.97 Å². The van der Waals surface area contributed by atoms with Crippen molar-refractivity contribution in [2.24, 2.45) is 5.92 Å². The van der Waals surface area contributed by atoms with Gasteiger partial charge in [-0.1, -0.05) is 51.0 Å². The second-order valence-corrected chi connectivity index (χ2v) is 10.8. The van der Waals surface area contributed by atoms with E-state index in [0.29, 0.717) is 26.0 Å². The first-order valence-corrected chi connectivity index (χ1v) is 15.1. The third-order valence-corrected chi connectivity index (χ3v) is 7.74. The number of anilines is 1. The maximum Gasteiger partial charge on any atom is 0.326 e. The first kappa shape index (κ1) is 31.4. The second kappa shape index (κ2) is 17.5. The van der Waals surface area contributed by atoms with E-state index in [4.69, 9.17) is 9.72 Å². The molecule has 0 aliphatic carbocycles. The number of unbranched alkanes of at least 4 members (excludes halogenated alkanes) is 1. The van der Waals surface area contributed by atoms with E-state index in [1.54, 1.807) is 0 Å². The lowest BCUT2D eigenvalue weighted by Gasteiger charge is -2.25. The van der Waals surface area contributed by atoms with Crippen molar-refractivity contribution >= 4 is 17.7 Å². The maximum atomic E-state index is 12.5. The lowest BCUT2D eigenvalue weighted by Crippen LogP contribution is -2.43. The van der Waals surface area contributed by atoms with Crippen LogP contribution in [0.25, 0.3) is 0 Å². The fourth-order valence-corrected chi connectivity index (χ4v) is 5.14. The third kappa shape index (κ3) is 11.2. The van der Waals surface area contributed by atoms with E-state index >= 15 is 0 Å². The molecule has 0 fully saturated rings. The highest BCUT2D eigenvalue weighted by Gasteiger charge is 2.22. The number of carboxylic acid groups (broad SMARTS) is 1. The Bertz CT molecular complexity index is 1030. The number of nitrogens with zero attached hydrogens (tertiary/aromatic N) is 2. The van der Waals surface area contributed by atoms with E-state index in [-0.39, 0.29) is 11.8 Å². The van der Waals surface area contributed by atoms with Crippen LogP contribution in [0.5, 0.6) is 5.75 Å². The number of para-hydroxylation sites is 1. The number of hydrogen-bond acceptors (Lipinski definition) is 6. The standard InChI is InChI=1S/C32H48N4O4/c1-3-25(4-2)24-30(37)35-29(32(38)39)18-22-36(21-11-23-40-28-14-6-5-7-15-28)20-9-8-13-27-17-16-26-12-10-19-33-31(26)34-27/h5-7,14-17,25,29H,3-4,8-13,18-24H2,1-2H3,(H,33,34)(H,35,37)(H,38,39). The molecule has 0 spiro atoms. The monoisotopic (exact) mass is 552 g/mol. The van der Waals surface area contributed by atoms with Gasteiger partial charge in [0.2, 0.25) is 5.91 Å². The Hall–Kier alpha value is -3.13. The smallest absolute Gasteiger partial charge is 0.326 e. The van der Waals surface area contributed by atoms with Crippen LogP contribution in [0.1, 0.15) is 76.5 Å². The van der Waals surface area contributed by atoms with Crippen LogP contribution in [0.15, 0.2) is 42.5 Å². The molecule has 0 saturated carbocycles. The van der Waals surface area contributed by atoms with Gasteiger partial charge in [-0.05, 0) is 81.2 Å². The van der Waals surface area contributed by atoms with E-state index in [0.717, 1.165) is 88.3 Å². The first-order valence-electron chi connectivity index (χ1n) is 15.1. The largest absolute Gasteiger partial charge is 0.494 e. The first-order chi connectivity index (χ1) is 19.5. The molecule has 0 bridgehead atoms. The van der Waals surface area contributed by atoms with E-state index in [1.807, 2.05) is 30.3 Å². The van der Waals surface area contributed by atoms with Crippen molar-refractivity contribution in [3.8, 4) is 5.75 Å². The number of rotatable bonds is 19. The van der Waals surface area contributed by atoms with Crippen molar-refractivity contribution in [1.82, 2.24) is 15.2 Å². The number of hydrogen-bond donors (Lipinski definition) is 3. The van der Waals surface area contributed by atoms with Gasteiger partial charge in [-0.2, -0.15) is 0 Å². The van der Waals surface area contributed by atoms with Gasteiger partial charge in [0, 0.05) is 31.7 Å². The molecular weight excluding hydrogens is 504 g/mol. The summed E-state index contributed by atoms with van der Waals surface area (Å²) in [5.74, 6) is 1.03. The molecule has 220 valence electrons. The van der Waals surface area contributed by atoms with Crippen molar-refractivity contribution in [2.75, 3.05) is 38.1 Å². The molecule has 2 aromatic rings. The molecule has 1 unspecified atom stereocenters. The van der Waals surface area contributed by atoms with Crippen molar-refractivity contribution in [2.45, 2.75) is 84.1 Å². The number of aromatic nitrogens is 1. The zero-order valence-corrected chi connectivity index (χ0v) is 24.4. The Morgan fingerprint density at radius 2 is 1.82 bits per heavy atom. The fourth-order valence-electron chi connectivity index (χ4n) is 5.14. The molecule has 1 aliphatic heterocycles. The number of ether oxygens (including phenoxy) is 1. The molecule has 8 nitrogen and oxygen atoms in total. The summed E-state index contributed by atoms with van der Waals surface area (Å²) in [7, 11) is 0. The molecule has 2 heterocycles. The van der Waals surface area contributed by atoms with Gasteiger partial charge in [0.1, 0.15) is 17.6 Å². The predicted molar refractivity (Wildman–Crippen MR) is 160 cm³/mol. The summed E-state index contributed by atoms with van der Waals surface area (Å²) >= 11 is 0. The highest BCUT2D eigenvalue weighted by Crippen LogP contribution is 2.20. The second-order valence-electron chi connectivity index (χ2n) is 10.8. The molecule has 1 aliphatic rings. The highest BCUT2D eigenvalue weighted by atomic mass is 16.5. The molecule has 1 aromatic carbocycles. The minimum Gasteiger partial charge on any atom is -0.494 e. The van der Waals surface area contributed by atoms with Crippen LogP contribution in [0.3, 0.4) is 0 Å². The van der Waals surface area contributed by atoms with Gasteiger partial charge in [-0.25, -0.2) is 9.78 Å². The Kier molecular flexibility index (Phi) is 13.8. The van der Waals surface area contributed by atoms with Crippen LogP contribution in [-0.4, -0.2) is 65.7 Å². The van der Waals surface area contributed by atoms with Gasteiger partial charge < -0.3 is 25.4 Å². The maximum absolute atomic E-state index is 12.5. The van der Waals surface area contributed by atoms with Gasteiger partial charge in [0.15, 0.2) is 0 Å². The number of fused-ring (bicyclic) bond motifs is 1. The number of aliphatic carboxylic acids is 1. The Balaban J connectivity index is 1.49. The molecule has 3 N–H and O–H groups in total. The summed E-state index contributed by atoms with van der Waals surface area (Å²) in [6.45, 7) is 7.99. The quantitative estimate of drug-likeness (QED) is 0.203. The molecule has 8 heteroatoms. The number of carbonyl (C=O) groups is 2. The molecule has 1 amide bonds. The number of aryl methyl sites for hydroxylation is 2. The van der Waals surface area contributed by atoms with Crippen LogP contribution < -0.4 is 15.4 Å². The van der Waals surface area contributed by atoms with Gasteiger partial charge in [-0.3, -0.25) is 4.79 Å². The number of amides is 1. The number of carboxylic acids is 1. The van der Waals surface area contributed by atoms with Gasteiger partial charge in [-0.15, -0.1) is 0 Å². The van der Waals surface area contributed by atoms with E-state index in [9.17, 15) is 14.7 Å². The average molecular weight is 553 g/mol. The number of carbonyl (C=O) groups excluding carboxylic acids is 1. The Morgan fingerprint density at radius 1 is 1.05 bits per heavy atom. The summed E-state index contributed by atoms with van der Waals surface area (Å²) in [6, 6.07) is 13.2. The number of nitrogens with one attached hydrogen (secondary N) is 2. The predicted octanol–water partition coefficient (Wildman–Crippen LogP) is 5.32. The Labute approximate surface area is 239 Å². The summed E-state index contributed by atoms with van der Waals surface area (Å²) in [5, 5.41) is 16.0. The summed E-state index contributed by atoms with van der Waals surface area (Å²) < 4.78 is 5.87.